The van der Waals surface area contributed by atoms with Gasteiger partial charge >= 0.3 is 0 Å². The van der Waals surface area contributed by atoms with Crippen molar-refractivity contribution >= 4 is 33.0 Å². The standard InChI is InChI=1S/C12H9ClF2N2O2S/c13-8-2-1-3-9(15)12(8)17-20(18,19)11-5-4-7(14)6-10(11)16/h1-6,17H,16H2. The molecule has 0 saturated carbocycles. The number of benzene rings is 2. The van der Waals surface area contributed by atoms with Gasteiger partial charge in [0.05, 0.1) is 10.7 Å². The minimum absolute atomic E-state index is 0.103. The molecule has 2 rings (SSSR count). The summed E-state index contributed by atoms with van der Waals surface area (Å²) in [6.07, 6.45) is 0. The Bertz CT molecular complexity index is 746. The number of nitrogen functional groups attached to an aromatic ring is 1. The van der Waals surface area contributed by atoms with E-state index in [2.05, 4.69) is 0 Å². The molecule has 8 heteroatoms. The van der Waals surface area contributed by atoms with Gasteiger partial charge in [0.25, 0.3) is 10.0 Å². The van der Waals surface area contributed by atoms with Gasteiger partial charge < -0.3 is 5.73 Å². The molecular formula is C12H9ClF2N2O2S. The predicted octanol–water partition coefficient (Wildman–Crippen LogP) is 3.00. The SMILES string of the molecule is Nc1cc(F)ccc1S(=O)(=O)Nc1c(F)cccc1Cl. The summed E-state index contributed by atoms with van der Waals surface area (Å²) in [5.41, 5.74) is 4.77. The van der Waals surface area contributed by atoms with Crippen LogP contribution in [-0.2, 0) is 10.0 Å². The molecule has 0 atom stereocenters. The number of nitrogens with one attached hydrogen (secondary N) is 1. The lowest BCUT2D eigenvalue weighted by Gasteiger charge is -2.12. The molecule has 0 aliphatic rings. The number of hydrogen-bond acceptors (Lipinski definition) is 3. The van der Waals surface area contributed by atoms with E-state index < -0.39 is 27.3 Å². The van der Waals surface area contributed by atoms with Crippen molar-refractivity contribution in [3.63, 3.8) is 0 Å². The van der Waals surface area contributed by atoms with Gasteiger partial charge in [-0.25, -0.2) is 17.2 Å². The average Bonchev–Trinajstić information content (AvgIpc) is 2.33. The number of halogens is 3. The number of rotatable bonds is 3. The number of sulfonamides is 1. The summed E-state index contributed by atoms with van der Waals surface area (Å²) in [6.45, 7) is 0. The summed E-state index contributed by atoms with van der Waals surface area (Å²) < 4.78 is 52.7. The molecule has 0 aliphatic carbocycles. The predicted molar refractivity (Wildman–Crippen MR) is 73.0 cm³/mol. The van der Waals surface area contributed by atoms with Gasteiger partial charge in [-0.05, 0) is 30.3 Å². The van der Waals surface area contributed by atoms with Crippen LogP contribution in [-0.4, -0.2) is 8.42 Å². The molecule has 2 aromatic rings. The quantitative estimate of drug-likeness (QED) is 0.854. The maximum atomic E-state index is 13.6. The summed E-state index contributed by atoms with van der Waals surface area (Å²) in [5.74, 6) is -1.51. The van der Waals surface area contributed by atoms with E-state index in [9.17, 15) is 17.2 Å². The second-order valence-corrected chi connectivity index (χ2v) is 5.94. The second kappa shape index (κ2) is 5.26. The highest BCUT2D eigenvalue weighted by Crippen LogP contribution is 2.28. The molecule has 0 aliphatic heterocycles. The Morgan fingerprint density at radius 1 is 1.15 bits per heavy atom. The Hall–Kier alpha value is -1.86. The van der Waals surface area contributed by atoms with Crippen LogP contribution >= 0.6 is 11.6 Å². The van der Waals surface area contributed by atoms with Crippen LogP contribution in [0.5, 0.6) is 0 Å². The summed E-state index contributed by atoms with van der Waals surface area (Å²) in [6, 6.07) is 6.50. The molecule has 2 aromatic carbocycles. The molecular weight excluding hydrogens is 310 g/mol. The fourth-order valence-corrected chi connectivity index (χ4v) is 3.02. The minimum Gasteiger partial charge on any atom is -0.398 e. The average molecular weight is 319 g/mol. The van der Waals surface area contributed by atoms with Crippen molar-refractivity contribution < 1.29 is 17.2 Å². The third-order valence-electron chi connectivity index (χ3n) is 2.46. The van der Waals surface area contributed by atoms with Gasteiger partial charge in [0.2, 0.25) is 0 Å². The van der Waals surface area contributed by atoms with Gasteiger partial charge in [0.1, 0.15) is 22.2 Å². The summed E-state index contributed by atoms with van der Waals surface area (Å²) in [4.78, 5) is -0.363. The smallest absolute Gasteiger partial charge is 0.264 e. The molecule has 0 spiro atoms. The van der Waals surface area contributed by atoms with E-state index in [-0.39, 0.29) is 15.6 Å². The summed E-state index contributed by atoms with van der Waals surface area (Å²) >= 11 is 5.73. The van der Waals surface area contributed by atoms with Crippen LogP contribution in [0.2, 0.25) is 5.02 Å². The second-order valence-electron chi connectivity index (χ2n) is 3.88. The Balaban J connectivity index is 2.46. The van der Waals surface area contributed by atoms with Gasteiger partial charge in [-0.1, -0.05) is 17.7 Å². The number of para-hydroxylation sites is 1. The normalized spacial score (nSPS) is 11.3. The van der Waals surface area contributed by atoms with Crippen LogP contribution < -0.4 is 10.5 Å². The molecule has 0 heterocycles. The number of nitrogens with two attached hydrogens (primary N) is 1. The highest BCUT2D eigenvalue weighted by atomic mass is 35.5. The van der Waals surface area contributed by atoms with Gasteiger partial charge in [-0.15, -0.1) is 0 Å². The van der Waals surface area contributed by atoms with E-state index in [1.807, 2.05) is 4.72 Å². The summed E-state index contributed by atoms with van der Waals surface area (Å²) in [5, 5.41) is -0.103. The molecule has 0 amide bonds. The third-order valence-corrected chi connectivity index (χ3v) is 4.20. The zero-order valence-electron chi connectivity index (χ0n) is 9.90. The maximum Gasteiger partial charge on any atom is 0.264 e. The molecule has 0 bridgehead atoms. The highest BCUT2D eigenvalue weighted by molar-refractivity contribution is 7.92. The van der Waals surface area contributed by atoms with Crippen molar-refractivity contribution in [2.45, 2.75) is 4.90 Å². The zero-order valence-corrected chi connectivity index (χ0v) is 11.5. The maximum absolute atomic E-state index is 13.6. The topological polar surface area (TPSA) is 72.2 Å². The summed E-state index contributed by atoms with van der Waals surface area (Å²) in [7, 11) is -4.17. The molecule has 0 unspecified atom stereocenters. The van der Waals surface area contributed by atoms with Crippen LogP contribution in [0, 0.1) is 11.6 Å². The molecule has 106 valence electrons. The van der Waals surface area contributed by atoms with E-state index in [1.54, 1.807) is 0 Å². The molecule has 20 heavy (non-hydrogen) atoms. The first-order valence-electron chi connectivity index (χ1n) is 5.33. The van der Waals surface area contributed by atoms with E-state index in [4.69, 9.17) is 17.3 Å². The van der Waals surface area contributed by atoms with Gasteiger partial charge in [-0.3, -0.25) is 4.72 Å². The molecule has 0 fully saturated rings. The monoisotopic (exact) mass is 318 g/mol. The third kappa shape index (κ3) is 2.83. The van der Waals surface area contributed by atoms with Crippen molar-refractivity contribution in [3.8, 4) is 0 Å². The Morgan fingerprint density at radius 2 is 1.85 bits per heavy atom. The molecule has 0 radical (unpaired) electrons. The number of anilines is 2. The first-order chi connectivity index (χ1) is 9.31. The van der Waals surface area contributed by atoms with Crippen LogP contribution in [0.3, 0.4) is 0 Å². The first kappa shape index (κ1) is 14.5. The van der Waals surface area contributed by atoms with Gasteiger partial charge in [0.15, 0.2) is 0 Å². The van der Waals surface area contributed by atoms with Crippen LogP contribution in [0.1, 0.15) is 0 Å². The Kier molecular flexibility index (Phi) is 3.82. The van der Waals surface area contributed by atoms with Crippen LogP contribution in [0.25, 0.3) is 0 Å². The van der Waals surface area contributed by atoms with Crippen LogP contribution in [0.4, 0.5) is 20.2 Å². The van der Waals surface area contributed by atoms with E-state index in [0.717, 1.165) is 24.3 Å². The Labute approximate surface area is 119 Å². The fourth-order valence-electron chi connectivity index (χ4n) is 1.55. The van der Waals surface area contributed by atoms with Crippen molar-refractivity contribution in [2.75, 3.05) is 10.5 Å². The van der Waals surface area contributed by atoms with Crippen molar-refractivity contribution in [1.29, 1.82) is 0 Å². The molecule has 0 aromatic heterocycles. The lowest BCUT2D eigenvalue weighted by molar-refractivity contribution is 0.597. The largest absolute Gasteiger partial charge is 0.398 e. The molecule has 4 nitrogen and oxygen atoms in total. The fraction of sp³-hybridized carbons (Fsp3) is 0. The zero-order chi connectivity index (χ0) is 14.9. The van der Waals surface area contributed by atoms with Crippen LogP contribution in [0.15, 0.2) is 41.3 Å². The van der Waals surface area contributed by atoms with Crippen molar-refractivity contribution in [2.24, 2.45) is 0 Å². The minimum atomic E-state index is -4.17. The lowest BCUT2D eigenvalue weighted by Crippen LogP contribution is -2.16. The van der Waals surface area contributed by atoms with E-state index in [0.29, 0.717) is 0 Å². The molecule has 3 N–H and O–H groups in total. The van der Waals surface area contributed by atoms with E-state index in [1.165, 1.54) is 12.1 Å². The van der Waals surface area contributed by atoms with Gasteiger partial charge in [0, 0.05) is 0 Å². The highest BCUT2D eigenvalue weighted by Gasteiger charge is 2.21. The van der Waals surface area contributed by atoms with E-state index >= 15 is 0 Å². The van der Waals surface area contributed by atoms with Crippen molar-refractivity contribution in [1.82, 2.24) is 0 Å². The lowest BCUT2D eigenvalue weighted by atomic mass is 10.3. The Morgan fingerprint density at radius 3 is 2.45 bits per heavy atom. The first-order valence-corrected chi connectivity index (χ1v) is 7.19. The van der Waals surface area contributed by atoms with Crippen molar-refractivity contribution in [3.05, 3.63) is 53.1 Å². The van der Waals surface area contributed by atoms with Gasteiger partial charge in [-0.2, -0.15) is 0 Å². The molecule has 0 saturated heterocycles. The number of hydrogen-bond donors (Lipinski definition) is 2.